The maximum Gasteiger partial charge on any atom is 0.255 e. The molecule has 0 bridgehead atoms. The Kier molecular flexibility index (Phi) is 5.30. The Balaban J connectivity index is 1.66. The lowest BCUT2D eigenvalue weighted by atomic mass is 10.0. The lowest BCUT2D eigenvalue weighted by molar-refractivity contribution is 0.0475. The summed E-state index contributed by atoms with van der Waals surface area (Å²) in [5.41, 5.74) is -0.716. The molecule has 25 heavy (non-hydrogen) atoms. The number of halogens is 1. The fourth-order valence-corrected chi connectivity index (χ4v) is 3.13. The zero-order valence-electron chi connectivity index (χ0n) is 14.2. The molecule has 2 aromatic heterocycles. The summed E-state index contributed by atoms with van der Waals surface area (Å²) in [6, 6.07) is 5.04. The van der Waals surface area contributed by atoms with Crippen LogP contribution in [0.4, 0.5) is 5.82 Å². The minimum atomic E-state index is -1.20. The molecule has 6 nitrogen and oxygen atoms in total. The Labute approximate surface area is 151 Å². The fraction of sp³-hybridized carbons (Fsp3) is 0.444. The number of anilines is 1. The normalized spacial score (nSPS) is 17.2. The predicted molar refractivity (Wildman–Crippen MR) is 95.8 cm³/mol. The number of aliphatic hydroxyl groups is 1. The van der Waals surface area contributed by atoms with Crippen LogP contribution < -0.4 is 5.32 Å². The highest BCUT2D eigenvalue weighted by Gasteiger charge is 2.26. The van der Waals surface area contributed by atoms with Crippen LogP contribution in [0.15, 0.2) is 35.1 Å². The van der Waals surface area contributed by atoms with E-state index in [1.807, 2.05) is 4.90 Å². The zero-order valence-corrected chi connectivity index (χ0v) is 14.9. The Bertz CT molecular complexity index is 725. The lowest BCUT2D eigenvalue weighted by Crippen LogP contribution is -2.35. The molecule has 1 aliphatic rings. The molecule has 1 saturated heterocycles. The predicted octanol–water partition coefficient (Wildman–Crippen LogP) is 3.27. The number of carbonyl (C=O) groups excluding carboxylic acids is 1. The minimum Gasteiger partial charge on any atom is -0.466 e. The molecule has 1 amide bonds. The topological polar surface area (TPSA) is 78.6 Å². The molecule has 2 aromatic rings. The van der Waals surface area contributed by atoms with E-state index in [4.69, 9.17) is 16.0 Å². The molecular weight excluding hydrogens is 342 g/mol. The maximum atomic E-state index is 12.5. The third-order valence-corrected chi connectivity index (χ3v) is 4.67. The lowest BCUT2D eigenvalue weighted by Gasteiger charge is -2.26. The number of nitrogens with zero attached hydrogens (tertiary/aromatic N) is 2. The van der Waals surface area contributed by atoms with Gasteiger partial charge in [0.1, 0.15) is 17.2 Å². The SMILES string of the molecule is CC(O)(CNc1ncc(C(=O)N2CCCCC2)cc1Cl)c1ccco1. The summed E-state index contributed by atoms with van der Waals surface area (Å²) in [4.78, 5) is 18.6. The number of hydrogen-bond donors (Lipinski definition) is 2. The van der Waals surface area contributed by atoms with Crippen molar-refractivity contribution in [3.63, 3.8) is 0 Å². The molecule has 3 heterocycles. The molecule has 134 valence electrons. The molecule has 7 heteroatoms. The molecule has 1 atom stereocenters. The summed E-state index contributed by atoms with van der Waals surface area (Å²) in [6.45, 7) is 3.37. The van der Waals surface area contributed by atoms with Gasteiger partial charge in [0.25, 0.3) is 5.91 Å². The van der Waals surface area contributed by atoms with Gasteiger partial charge >= 0.3 is 0 Å². The largest absolute Gasteiger partial charge is 0.466 e. The van der Waals surface area contributed by atoms with Gasteiger partial charge < -0.3 is 19.7 Å². The van der Waals surface area contributed by atoms with Crippen molar-refractivity contribution in [2.24, 2.45) is 0 Å². The van der Waals surface area contributed by atoms with Gasteiger partial charge in [0, 0.05) is 19.3 Å². The molecule has 0 radical (unpaired) electrons. The van der Waals surface area contributed by atoms with Crippen LogP contribution in [0.1, 0.15) is 42.3 Å². The van der Waals surface area contributed by atoms with Crippen molar-refractivity contribution in [2.75, 3.05) is 25.0 Å². The van der Waals surface area contributed by atoms with Crippen LogP contribution in [-0.2, 0) is 5.60 Å². The van der Waals surface area contributed by atoms with Crippen molar-refractivity contribution in [3.05, 3.63) is 47.0 Å². The summed E-state index contributed by atoms with van der Waals surface area (Å²) in [5.74, 6) is 0.833. The van der Waals surface area contributed by atoms with Gasteiger partial charge in [-0.05, 0) is 44.4 Å². The van der Waals surface area contributed by atoms with E-state index in [0.29, 0.717) is 22.2 Å². The summed E-state index contributed by atoms with van der Waals surface area (Å²) < 4.78 is 5.24. The molecule has 0 saturated carbocycles. The van der Waals surface area contributed by atoms with Gasteiger partial charge in [-0.2, -0.15) is 0 Å². The van der Waals surface area contributed by atoms with Gasteiger partial charge in [-0.25, -0.2) is 4.98 Å². The second-order valence-corrected chi connectivity index (χ2v) is 6.92. The molecule has 1 fully saturated rings. The van der Waals surface area contributed by atoms with Crippen molar-refractivity contribution in [1.82, 2.24) is 9.88 Å². The van der Waals surface area contributed by atoms with E-state index in [1.54, 1.807) is 25.1 Å². The Morgan fingerprint density at radius 3 is 2.84 bits per heavy atom. The van der Waals surface area contributed by atoms with E-state index >= 15 is 0 Å². The quantitative estimate of drug-likeness (QED) is 0.852. The summed E-state index contributed by atoms with van der Waals surface area (Å²) in [5, 5.41) is 13.8. The Morgan fingerprint density at radius 2 is 2.20 bits per heavy atom. The van der Waals surface area contributed by atoms with Gasteiger partial charge in [0.15, 0.2) is 0 Å². The molecule has 1 aliphatic heterocycles. The van der Waals surface area contributed by atoms with Gasteiger partial charge in [-0.3, -0.25) is 4.79 Å². The van der Waals surface area contributed by atoms with E-state index in [9.17, 15) is 9.90 Å². The number of likely N-dealkylation sites (tertiary alicyclic amines) is 1. The van der Waals surface area contributed by atoms with Crippen LogP contribution in [0.25, 0.3) is 0 Å². The van der Waals surface area contributed by atoms with Crippen molar-refractivity contribution in [2.45, 2.75) is 31.8 Å². The highest BCUT2D eigenvalue weighted by molar-refractivity contribution is 6.33. The van der Waals surface area contributed by atoms with Crippen molar-refractivity contribution in [3.8, 4) is 0 Å². The van der Waals surface area contributed by atoms with Crippen molar-refractivity contribution < 1.29 is 14.3 Å². The number of furan rings is 1. The van der Waals surface area contributed by atoms with Crippen LogP contribution >= 0.6 is 11.6 Å². The van der Waals surface area contributed by atoms with E-state index in [1.165, 1.54) is 18.9 Å². The first-order chi connectivity index (χ1) is 12.0. The molecule has 0 aromatic carbocycles. The molecule has 3 rings (SSSR count). The standard InChI is InChI=1S/C18H22ClN3O3/c1-18(24,15-6-5-9-25-15)12-21-16-14(19)10-13(11-20-16)17(23)22-7-3-2-4-8-22/h5-6,9-11,24H,2-4,7-8,12H2,1H3,(H,20,21). The number of piperidine rings is 1. The summed E-state index contributed by atoms with van der Waals surface area (Å²) in [7, 11) is 0. The van der Waals surface area contributed by atoms with Gasteiger partial charge in [0.05, 0.1) is 23.4 Å². The number of amides is 1. The smallest absolute Gasteiger partial charge is 0.255 e. The number of hydrogen-bond acceptors (Lipinski definition) is 5. The van der Waals surface area contributed by atoms with E-state index in [-0.39, 0.29) is 12.5 Å². The summed E-state index contributed by atoms with van der Waals surface area (Å²) in [6.07, 6.45) is 6.27. The number of carbonyl (C=O) groups is 1. The fourth-order valence-electron chi connectivity index (χ4n) is 2.89. The van der Waals surface area contributed by atoms with Crippen LogP contribution in [-0.4, -0.2) is 40.5 Å². The Morgan fingerprint density at radius 1 is 1.44 bits per heavy atom. The van der Waals surface area contributed by atoms with Crippen LogP contribution in [0, 0.1) is 0 Å². The van der Waals surface area contributed by atoms with Crippen LogP contribution in [0.3, 0.4) is 0 Å². The number of pyridine rings is 1. The monoisotopic (exact) mass is 363 g/mol. The molecule has 0 aliphatic carbocycles. The maximum absolute atomic E-state index is 12.5. The number of aromatic nitrogens is 1. The Hall–Kier alpha value is -2.05. The van der Waals surface area contributed by atoms with Crippen LogP contribution in [0.5, 0.6) is 0 Å². The van der Waals surface area contributed by atoms with Crippen LogP contribution in [0.2, 0.25) is 5.02 Å². The van der Waals surface area contributed by atoms with Gasteiger partial charge in [-0.15, -0.1) is 0 Å². The van der Waals surface area contributed by atoms with E-state index in [0.717, 1.165) is 25.9 Å². The van der Waals surface area contributed by atoms with E-state index < -0.39 is 5.60 Å². The third-order valence-electron chi connectivity index (χ3n) is 4.38. The average Bonchev–Trinajstić information content (AvgIpc) is 3.16. The first kappa shape index (κ1) is 17.8. The first-order valence-corrected chi connectivity index (χ1v) is 8.80. The molecule has 0 spiro atoms. The average molecular weight is 364 g/mol. The van der Waals surface area contributed by atoms with Gasteiger partial charge in [0.2, 0.25) is 0 Å². The third kappa shape index (κ3) is 4.14. The minimum absolute atomic E-state index is 0.0387. The first-order valence-electron chi connectivity index (χ1n) is 8.42. The summed E-state index contributed by atoms with van der Waals surface area (Å²) >= 11 is 6.27. The highest BCUT2D eigenvalue weighted by atomic mass is 35.5. The molecule has 1 unspecified atom stereocenters. The second-order valence-electron chi connectivity index (χ2n) is 6.51. The second kappa shape index (κ2) is 7.45. The molecule has 2 N–H and O–H groups in total. The number of rotatable bonds is 5. The number of nitrogens with one attached hydrogen (secondary N) is 1. The zero-order chi connectivity index (χ0) is 17.9. The molecular formula is C18H22ClN3O3. The highest BCUT2D eigenvalue weighted by Crippen LogP contribution is 2.25. The van der Waals surface area contributed by atoms with E-state index in [2.05, 4.69) is 10.3 Å². The van der Waals surface area contributed by atoms with Crippen molar-refractivity contribution >= 4 is 23.3 Å². The van der Waals surface area contributed by atoms with Gasteiger partial charge in [-0.1, -0.05) is 11.6 Å². The van der Waals surface area contributed by atoms with Crippen molar-refractivity contribution in [1.29, 1.82) is 0 Å².